The molecule has 110 valence electrons. The maximum atomic E-state index is 5.80. The molecule has 0 spiro atoms. The van der Waals surface area contributed by atoms with Crippen LogP contribution in [-0.2, 0) is 9.47 Å². The minimum Gasteiger partial charge on any atom is -0.381 e. The molecule has 0 aromatic rings. The van der Waals surface area contributed by atoms with Gasteiger partial charge in [0.05, 0.1) is 13.2 Å². The van der Waals surface area contributed by atoms with Gasteiger partial charge in [-0.1, -0.05) is 6.42 Å². The van der Waals surface area contributed by atoms with Crippen LogP contribution in [0.5, 0.6) is 0 Å². The van der Waals surface area contributed by atoms with Crippen molar-refractivity contribution in [3.63, 3.8) is 0 Å². The van der Waals surface area contributed by atoms with E-state index in [0.717, 1.165) is 58.3 Å². The van der Waals surface area contributed by atoms with Crippen molar-refractivity contribution in [1.29, 1.82) is 0 Å². The maximum absolute atomic E-state index is 5.80. The third-order valence-electron chi connectivity index (χ3n) is 3.89. The fourth-order valence-corrected chi connectivity index (χ4v) is 2.31. The second kappa shape index (κ2) is 8.38. The number of rotatable bonds is 8. The maximum Gasteiger partial charge on any atom is 0.188 e. The van der Waals surface area contributed by atoms with Gasteiger partial charge in [-0.05, 0) is 31.6 Å². The summed E-state index contributed by atoms with van der Waals surface area (Å²) in [5.41, 5.74) is 5.80. The summed E-state index contributed by atoms with van der Waals surface area (Å²) in [6, 6.07) is 0. The molecule has 1 saturated heterocycles. The lowest BCUT2D eigenvalue weighted by atomic mass is 9.86. The monoisotopic (exact) mass is 269 g/mol. The Labute approximate surface area is 115 Å². The van der Waals surface area contributed by atoms with Crippen LogP contribution in [-0.4, -0.2) is 45.5 Å². The van der Waals surface area contributed by atoms with E-state index in [1.165, 1.54) is 19.3 Å². The van der Waals surface area contributed by atoms with Crippen LogP contribution in [0.1, 0.15) is 32.1 Å². The molecular formula is C14H27N3O2. The lowest BCUT2D eigenvalue weighted by Crippen LogP contribution is -2.33. The standard InChI is InChI=1S/C14H27N3O2/c15-14(17-9-12-3-1-4-12)16-6-2-7-18-10-13-5-8-19-11-13/h12-13H,1-11H2,(H3,15,16,17). The van der Waals surface area contributed by atoms with E-state index in [9.17, 15) is 0 Å². The average Bonchev–Trinajstić information content (AvgIpc) is 2.84. The van der Waals surface area contributed by atoms with Gasteiger partial charge in [0.1, 0.15) is 0 Å². The van der Waals surface area contributed by atoms with Gasteiger partial charge in [0.15, 0.2) is 5.96 Å². The first-order valence-corrected chi connectivity index (χ1v) is 7.54. The zero-order valence-electron chi connectivity index (χ0n) is 11.8. The quantitative estimate of drug-likeness (QED) is 0.394. The topological polar surface area (TPSA) is 68.9 Å². The molecule has 0 bridgehead atoms. The first-order chi connectivity index (χ1) is 9.34. The van der Waals surface area contributed by atoms with Crippen LogP contribution < -0.4 is 11.1 Å². The van der Waals surface area contributed by atoms with Crippen LogP contribution in [0.4, 0.5) is 0 Å². The van der Waals surface area contributed by atoms with Gasteiger partial charge in [-0.3, -0.25) is 4.99 Å². The molecule has 0 amide bonds. The number of ether oxygens (including phenoxy) is 2. The van der Waals surface area contributed by atoms with Crippen molar-refractivity contribution in [1.82, 2.24) is 5.32 Å². The van der Waals surface area contributed by atoms with E-state index in [1.54, 1.807) is 0 Å². The highest BCUT2D eigenvalue weighted by Gasteiger charge is 2.16. The van der Waals surface area contributed by atoms with Crippen LogP contribution in [0.2, 0.25) is 0 Å². The van der Waals surface area contributed by atoms with E-state index in [4.69, 9.17) is 15.2 Å². The Morgan fingerprint density at radius 3 is 2.89 bits per heavy atom. The third-order valence-corrected chi connectivity index (χ3v) is 3.89. The fraction of sp³-hybridized carbons (Fsp3) is 0.929. The Balaban J connectivity index is 1.40. The van der Waals surface area contributed by atoms with Crippen molar-refractivity contribution in [3.8, 4) is 0 Å². The number of nitrogens with two attached hydrogens (primary N) is 1. The van der Waals surface area contributed by atoms with Gasteiger partial charge in [-0.25, -0.2) is 0 Å². The van der Waals surface area contributed by atoms with Crippen LogP contribution in [0, 0.1) is 11.8 Å². The van der Waals surface area contributed by atoms with Gasteiger partial charge in [0.25, 0.3) is 0 Å². The van der Waals surface area contributed by atoms with Gasteiger partial charge in [0.2, 0.25) is 0 Å². The summed E-state index contributed by atoms with van der Waals surface area (Å²) in [6.45, 7) is 5.07. The molecule has 1 heterocycles. The summed E-state index contributed by atoms with van der Waals surface area (Å²) in [5, 5.41) is 3.14. The van der Waals surface area contributed by atoms with Gasteiger partial charge in [-0.15, -0.1) is 0 Å². The number of hydrogen-bond donors (Lipinski definition) is 2. The van der Waals surface area contributed by atoms with E-state index in [2.05, 4.69) is 10.3 Å². The molecule has 3 N–H and O–H groups in total. The number of nitrogens with one attached hydrogen (secondary N) is 1. The third kappa shape index (κ3) is 5.78. The zero-order chi connectivity index (χ0) is 13.3. The highest BCUT2D eigenvalue weighted by molar-refractivity contribution is 5.77. The van der Waals surface area contributed by atoms with Crippen LogP contribution in [0.25, 0.3) is 0 Å². The SMILES string of the molecule is NC(=NCC1CCC1)NCCCOCC1CCOC1. The Bertz CT molecular complexity index is 274. The summed E-state index contributed by atoms with van der Waals surface area (Å²) in [7, 11) is 0. The Kier molecular flexibility index (Phi) is 6.44. The van der Waals surface area contributed by atoms with Crippen molar-refractivity contribution in [2.24, 2.45) is 22.6 Å². The zero-order valence-corrected chi connectivity index (χ0v) is 11.8. The molecule has 0 radical (unpaired) electrons. The molecule has 1 aliphatic heterocycles. The molecule has 1 aliphatic carbocycles. The fourth-order valence-electron chi connectivity index (χ4n) is 2.31. The molecule has 2 aliphatic rings. The van der Waals surface area contributed by atoms with Crippen LogP contribution in [0.3, 0.4) is 0 Å². The predicted molar refractivity (Wildman–Crippen MR) is 76.2 cm³/mol. The van der Waals surface area contributed by atoms with Crippen molar-refractivity contribution in [3.05, 3.63) is 0 Å². The first kappa shape index (κ1) is 14.6. The molecule has 1 saturated carbocycles. The van der Waals surface area contributed by atoms with E-state index >= 15 is 0 Å². The summed E-state index contributed by atoms with van der Waals surface area (Å²) >= 11 is 0. The van der Waals surface area contributed by atoms with E-state index in [1.807, 2.05) is 0 Å². The minimum absolute atomic E-state index is 0.580. The van der Waals surface area contributed by atoms with E-state index in [0.29, 0.717) is 11.9 Å². The Hall–Kier alpha value is -0.810. The summed E-state index contributed by atoms with van der Waals surface area (Å²) in [5.74, 6) is 1.95. The molecule has 0 aromatic heterocycles. The van der Waals surface area contributed by atoms with Gasteiger partial charge in [-0.2, -0.15) is 0 Å². The normalized spacial score (nSPS) is 24.4. The first-order valence-electron chi connectivity index (χ1n) is 7.54. The highest BCUT2D eigenvalue weighted by Crippen LogP contribution is 2.26. The molecule has 19 heavy (non-hydrogen) atoms. The molecule has 2 fully saturated rings. The second-order valence-corrected chi connectivity index (χ2v) is 5.61. The van der Waals surface area contributed by atoms with E-state index in [-0.39, 0.29) is 0 Å². The predicted octanol–water partition coefficient (Wildman–Crippen LogP) is 1.13. The summed E-state index contributed by atoms with van der Waals surface area (Å²) in [6.07, 6.45) is 6.09. The lowest BCUT2D eigenvalue weighted by molar-refractivity contribution is 0.0888. The van der Waals surface area contributed by atoms with Crippen molar-refractivity contribution in [2.75, 3.05) is 39.5 Å². The summed E-state index contributed by atoms with van der Waals surface area (Å²) < 4.78 is 10.9. The van der Waals surface area contributed by atoms with Gasteiger partial charge >= 0.3 is 0 Å². The van der Waals surface area contributed by atoms with Crippen molar-refractivity contribution in [2.45, 2.75) is 32.1 Å². The number of guanidine groups is 1. The molecule has 2 rings (SSSR count). The minimum atomic E-state index is 0.580. The number of nitrogens with zero attached hydrogens (tertiary/aromatic N) is 1. The molecule has 1 atom stereocenters. The molecule has 0 aromatic carbocycles. The molecule has 5 nitrogen and oxygen atoms in total. The second-order valence-electron chi connectivity index (χ2n) is 5.61. The summed E-state index contributed by atoms with van der Waals surface area (Å²) in [4.78, 5) is 4.35. The highest BCUT2D eigenvalue weighted by atomic mass is 16.5. The number of aliphatic imine (C=N–C) groups is 1. The average molecular weight is 269 g/mol. The van der Waals surface area contributed by atoms with Crippen molar-refractivity contribution < 1.29 is 9.47 Å². The van der Waals surface area contributed by atoms with Crippen LogP contribution >= 0.6 is 0 Å². The largest absolute Gasteiger partial charge is 0.381 e. The Morgan fingerprint density at radius 1 is 1.32 bits per heavy atom. The smallest absolute Gasteiger partial charge is 0.188 e. The molecule has 1 unspecified atom stereocenters. The lowest BCUT2D eigenvalue weighted by Gasteiger charge is -2.23. The number of hydrogen-bond acceptors (Lipinski definition) is 3. The van der Waals surface area contributed by atoms with Crippen molar-refractivity contribution >= 4 is 5.96 Å². The van der Waals surface area contributed by atoms with Gasteiger partial charge < -0.3 is 20.5 Å². The van der Waals surface area contributed by atoms with E-state index < -0.39 is 0 Å². The van der Waals surface area contributed by atoms with Crippen LogP contribution in [0.15, 0.2) is 4.99 Å². The molecule has 5 heteroatoms. The Morgan fingerprint density at radius 2 is 2.21 bits per heavy atom. The molecular weight excluding hydrogens is 242 g/mol. The van der Waals surface area contributed by atoms with Gasteiger partial charge in [0, 0.05) is 32.2 Å².